The Labute approximate surface area is 110 Å². The van der Waals surface area contributed by atoms with Gasteiger partial charge in [0, 0.05) is 5.39 Å². The molecule has 2 heterocycles. The molecule has 1 saturated heterocycles. The third-order valence-electron chi connectivity index (χ3n) is 3.30. The molecule has 0 aliphatic carbocycles. The van der Waals surface area contributed by atoms with Crippen LogP contribution in [0.4, 0.5) is 0 Å². The van der Waals surface area contributed by atoms with Crippen LogP contribution in [0.25, 0.3) is 11.0 Å². The zero-order valence-corrected chi connectivity index (χ0v) is 11.5. The second-order valence-electron chi connectivity index (χ2n) is 4.59. The van der Waals surface area contributed by atoms with Crippen molar-refractivity contribution in [3.8, 4) is 0 Å². The fraction of sp³-hybridized carbons (Fsp3) is 0.500. The van der Waals surface area contributed by atoms with E-state index in [0.29, 0.717) is 0 Å². The Kier molecular flexibility index (Phi) is 4.82. The highest BCUT2D eigenvalue weighted by atomic mass is 16.3. The summed E-state index contributed by atoms with van der Waals surface area (Å²) in [4.78, 5) is 2.49. The van der Waals surface area contributed by atoms with E-state index in [1.165, 1.54) is 37.7 Å². The molecule has 0 saturated carbocycles. The maximum Gasteiger partial charge on any atom is 0.134 e. The molecule has 0 amide bonds. The number of benzene rings is 1. The Morgan fingerprint density at radius 1 is 1.06 bits per heavy atom. The Hall–Kier alpha value is -1.28. The highest BCUT2D eigenvalue weighted by Gasteiger charge is 2.12. The fourth-order valence-electron chi connectivity index (χ4n) is 2.45. The summed E-state index contributed by atoms with van der Waals surface area (Å²) in [5.74, 6) is 1.10. The summed E-state index contributed by atoms with van der Waals surface area (Å²) in [6.07, 6.45) is 4.05. The number of piperidine rings is 1. The van der Waals surface area contributed by atoms with Gasteiger partial charge >= 0.3 is 0 Å². The van der Waals surface area contributed by atoms with Crippen molar-refractivity contribution in [2.24, 2.45) is 0 Å². The number of rotatable bonds is 2. The largest absolute Gasteiger partial charge is 0.460 e. The summed E-state index contributed by atoms with van der Waals surface area (Å²) in [5, 5.41) is 1.22. The Bertz CT molecular complexity index is 436. The zero-order valence-electron chi connectivity index (χ0n) is 11.5. The van der Waals surface area contributed by atoms with Gasteiger partial charge in [-0.05, 0) is 38.1 Å². The van der Waals surface area contributed by atoms with Crippen LogP contribution in [0.3, 0.4) is 0 Å². The van der Waals surface area contributed by atoms with E-state index in [9.17, 15) is 0 Å². The molecule has 0 spiro atoms. The first kappa shape index (κ1) is 13.2. The summed E-state index contributed by atoms with van der Waals surface area (Å²) in [6, 6.07) is 10.4. The Balaban J connectivity index is 0.000000574. The van der Waals surface area contributed by atoms with Gasteiger partial charge < -0.3 is 4.42 Å². The first-order valence-corrected chi connectivity index (χ1v) is 7.12. The molecule has 1 aromatic heterocycles. The number of hydrogen-bond acceptors (Lipinski definition) is 2. The van der Waals surface area contributed by atoms with Gasteiger partial charge in [0.2, 0.25) is 0 Å². The van der Waals surface area contributed by atoms with E-state index in [4.69, 9.17) is 4.42 Å². The summed E-state index contributed by atoms with van der Waals surface area (Å²) in [5.41, 5.74) is 1.01. The maximum absolute atomic E-state index is 5.83. The summed E-state index contributed by atoms with van der Waals surface area (Å²) < 4.78 is 5.83. The van der Waals surface area contributed by atoms with Crippen molar-refractivity contribution < 1.29 is 4.42 Å². The fourth-order valence-corrected chi connectivity index (χ4v) is 2.45. The molecule has 18 heavy (non-hydrogen) atoms. The molecule has 1 aliphatic rings. The van der Waals surface area contributed by atoms with Crippen molar-refractivity contribution in [3.63, 3.8) is 0 Å². The van der Waals surface area contributed by atoms with E-state index in [0.717, 1.165) is 17.9 Å². The first-order valence-electron chi connectivity index (χ1n) is 7.12. The summed E-state index contributed by atoms with van der Waals surface area (Å²) in [7, 11) is 0. The molecule has 3 rings (SSSR count). The van der Waals surface area contributed by atoms with Crippen molar-refractivity contribution in [2.75, 3.05) is 13.1 Å². The van der Waals surface area contributed by atoms with Gasteiger partial charge in [-0.25, -0.2) is 0 Å². The molecular weight excluding hydrogens is 222 g/mol. The van der Waals surface area contributed by atoms with Gasteiger partial charge in [0.1, 0.15) is 11.3 Å². The lowest BCUT2D eigenvalue weighted by molar-refractivity contribution is 0.207. The predicted octanol–water partition coefficient (Wildman–Crippen LogP) is 4.44. The molecule has 2 nitrogen and oxygen atoms in total. The Morgan fingerprint density at radius 2 is 1.78 bits per heavy atom. The van der Waals surface area contributed by atoms with Gasteiger partial charge in [0.15, 0.2) is 0 Å². The lowest BCUT2D eigenvalue weighted by atomic mass is 10.1. The molecule has 2 aromatic rings. The Morgan fingerprint density at radius 3 is 2.50 bits per heavy atom. The molecule has 1 aromatic carbocycles. The SMILES string of the molecule is CC.c1ccc2oc(CN3CCCCC3)cc2c1. The minimum Gasteiger partial charge on any atom is -0.460 e. The van der Waals surface area contributed by atoms with Crippen LogP contribution in [-0.4, -0.2) is 18.0 Å². The van der Waals surface area contributed by atoms with Crippen LogP contribution in [-0.2, 0) is 6.54 Å². The second-order valence-corrected chi connectivity index (χ2v) is 4.59. The average Bonchev–Trinajstić information content (AvgIpc) is 2.84. The van der Waals surface area contributed by atoms with Gasteiger partial charge in [-0.3, -0.25) is 4.90 Å². The van der Waals surface area contributed by atoms with Crippen LogP contribution in [0.1, 0.15) is 38.9 Å². The molecule has 98 valence electrons. The van der Waals surface area contributed by atoms with Gasteiger partial charge in [-0.2, -0.15) is 0 Å². The zero-order chi connectivity index (χ0) is 12.8. The number of likely N-dealkylation sites (tertiary alicyclic amines) is 1. The molecule has 1 aliphatic heterocycles. The van der Waals surface area contributed by atoms with Gasteiger partial charge in [0.05, 0.1) is 6.54 Å². The van der Waals surface area contributed by atoms with Gasteiger partial charge in [-0.15, -0.1) is 0 Å². The minimum atomic E-state index is 0.967. The lowest BCUT2D eigenvalue weighted by Gasteiger charge is -2.25. The third kappa shape index (κ3) is 3.14. The van der Waals surface area contributed by atoms with Crippen LogP contribution in [0.2, 0.25) is 0 Å². The number of hydrogen-bond donors (Lipinski definition) is 0. The normalized spacial score (nSPS) is 16.3. The van der Waals surface area contributed by atoms with Crippen LogP contribution < -0.4 is 0 Å². The smallest absolute Gasteiger partial charge is 0.134 e. The van der Waals surface area contributed by atoms with Crippen molar-refractivity contribution in [3.05, 3.63) is 36.1 Å². The van der Waals surface area contributed by atoms with E-state index < -0.39 is 0 Å². The monoisotopic (exact) mass is 245 g/mol. The number of para-hydroxylation sites is 1. The van der Waals surface area contributed by atoms with Gasteiger partial charge in [0.25, 0.3) is 0 Å². The van der Waals surface area contributed by atoms with Crippen LogP contribution in [0, 0.1) is 0 Å². The van der Waals surface area contributed by atoms with E-state index >= 15 is 0 Å². The molecule has 1 fully saturated rings. The number of furan rings is 1. The average molecular weight is 245 g/mol. The van der Waals surface area contributed by atoms with E-state index in [2.05, 4.69) is 23.1 Å². The number of fused-ring (bicyclic) bond motifs is 1. The maximum atomic E-state index is 5.83. The first-order chi connectivity index (χ1) is 8.92. The van der Waals surface area contributed by atoms with E-state index in [1.807, 2.05) is 26.0 Å². The van der Waals surface area contributed by atoms with Crippen LogP contribution in [0.15, 0.2) is 34.7 Å². The van der Waals surface area contributed by atoms with E-state index in [-0.39, 0.29) is 0 Å². The van der Waals surface area contributed by atoms with Gasteiger partial charge in [-0.1, -0.05) is 38.5 Å². The molecule has 0 atom stereocenters. The molecular formula is C16H23NO. The van der Waals surface area contributed by atoms with Crippen molar-refractivity contribution in [1.82, 2.24) is 4.90 Å². The standard InChI is InChI=1S/C14H17NO.C2H6/c1-4-8-15(9-5-1)11-13-10-12-6-2-3-7-14(12)16-13;1-2/h2-3,6-7,10H,1,4-5,8-9,11H2;1-2H3. The molecule has 0 unspecified atom stereocenters. The highest BCUT2D eigenvalue weighted by Crippen LogP contribution is 2.21. The molecule has 0 bridgehead atoms. The second kappa shape index (κ2) is 6.60. The molecule has 0 radical (unpaired) electrons. The topological polar surface area (TPSA) is 16.4 Å². The van der Waals surface area contributed by atoms with Crippen molar-refractivity contribution in [2.45, 2.75) is 39.7 Å². The van der Waals surface area contributed by atoms with E-state index in [1.54, 1.807) is 0 Å². The molecule has 0 N–H and O–H groups in total. The van der Waals surface area contributed by atoms with Crippen molar-refractivity contribution >= 4 is 11.0 Å². The van der Waals surface area contributed by atoms with Crippen molar-refractivity contribution in [1.29, 1.82) is 0 Å². The third-order valence-corrected chi connectivity index (χ3v) is 3.30. The summed E-state index contributed by atoms with van der Waals surface area (Å²) in [6.45, 7) is 7.41. The van der Waals surface area contributed by atoms with Crippen LogP contribution in [0.5, 0.6) is 0 Å². The number of nitrogens with zero attached hydrogens (tertiary/aromatic N) is 1. The highest BCUT2D eigenvalue weighted by molar-refractivity contribution is 5.77. The van der Waals surface area contributed by atoms with Crippen LogP contribution >= 0.6 is 0 Å². The lowest BCUT2D eigenvalue weighted by Crippen LogP contribution is -2.28. The summed E-state index contributed by atoms with van der Waals surface area (Å²) >= 11 is 0. The minimum absolute atomic E-state index is 0.967. The quantitative estimate of drug-likeness (QED) is 0.777. The predicted molar refractivity (Wildman–Crippen MR) is 76.7 cm³/mol. The molecule has 2 heteroatoms.